The molecule has 0 radical (unpaired) electrons. The lowest BCUT2D eigenvalue weighted by Crippen LogP contribution is -2.36. The van der Waals surface area contributed by atoms with Gasteiger partial charge in [-0.3, -0.25) is 9.59 Å². The minimum Gasteiger partial charge on any atom is -0.321 e. The molecule has 6 nitrogen and oxygen atoms in total. The molecule has 1 aromatic heterocycles. The smallest absolute Gasteiger partial charge is 0.276 e. The summed E-state index contributed by atoms with van der Waals surface area (Å²) in [5.74, 6) is 1.20. The number of anilines is 1. The van der Waals surface area contributed by atoms with E-state index in [-0.39, 0.29) is 17.2 Å². The van der Waals surface area contributed by atoms with E-state index in [0.29, 0.717) is 0 Å². The molecule has 0 unspecified atom stereocenters. The summed E-state index contributed by atoms with van der Waals surface area (Å²) in [6, 6.07) is 10.7. The summed E-state index contributed by atoms with van der Waals surface area (Å²) in [6.07, 6.45) is 3.55. The Labute approximate surface area is 153 Å². The van der Waals surface area contributed by atoms with Crippen LogP contribution in [0.5, 0.6) is 0 Å². The second-order valence-electron chi connectivity index (χ2n) is 7.28. The fourth-order valence-electron chi connectivity index (χ4n) is 3.60. The van der Waals surface area contributed by atoms with Crippen molar-refractivity contribution in [3.8, 4) is 0 Å². The quantitative estimate of drug-likeness (QED) is 0.865. The number of benzene rings is 1. The van der Waals surface area contributed by atoms with Crippen molar-refractivity contribution in [2.45, 2.75) is 26.2 Å². The summed E-state index contributed by atoms with van der Waals surface area (Å²) in [4.78, 5) is 25.5. The van der Waals surface area contributed by atoms with Crippen LogP contribution in [0.3, 0.4) is 0 Å². The van der Waals surface area contributed by atoms with Crippen molar-refractivity contribution in [2.24, 2.45) is 11.8 Å². The van der Waals surface area contributed by atoms with E-state index in [1.165, 1.54) is 43.6 Å². The summed E-state index contributed by atoms with van der Waals surface area (Å²) in [7, 11) is 2.20. The second kappa shape index (κ2) is 8.27. The summed E-state index contributed by atoms with van der Waals surface area (Å²) in [6.45, 7) is 4.73. The Morgan fingerprint density at radius 1 is 1.27 bits per heavy atom. The van der Waals surface area contributed by atoms with Gasteiger partial charge in [0.1, 0.15) is 5.69 Å². The zero-order valence-electron chi connectivity index (χ0n) is 15.4. The van der Waals surface area contributed by atoms with Gasteiger partial charge in [-0.05, 0) is 68.5 Å². The van der Waals surface area contributed by atoms with Crippen molar-refractivity contribution in [1.82, 2.24) is 15.1 Å². The Morgan fingerprint density at radius 3 is 2.69 bits per heavy atom. The molecule has 2 heterocycles. The van der Waals surface area contributed by atoms with Gasteiger partial charge in [0.25, 0.3) is 11.5 Å². The van der Waals surface area contributed by atoms with Crippen LogP contribution in [0.1, 0.15) is 35.8 Å². The zero-order valence-corrected chi connectivity index (χ0v) is 15.4. The zero-order chi connectivity index (χ0) is 18.5. The first kappa shape index (κ1) is 18.3. The Bertz CT molecular complexity index is 780. The van der Waals surface area contributed by atoms with E-state index >= 15 is 0 Å². The normalized spacial score (nSPS) is 20.7. The van der Waals surface area contributed by atoms with Crippen LogP contribution in [0.25, 0.3) is 0 Å². The fraction of sp³-hybridized carbons (Fsp3) is 0.450. The average molecular weight is 354 g/mol. The van der Waals surface area contributed by atoms with Gasteiger partial charge in [0.15, 0.2) is 0 Å². The predicted molar refractivity (Wildman–Crippen MR) is 102 cm³/mol. The first-order chi connectivity index (χ1) is 12.5. The van der Waals surface area contributed by atoms with Crippen molar-refractivity contribution >= 4 is 11.6 Å². The van der Waals surface area contributed by atoms with Crippen LogP contribution in [-0.2, 0) is 6.42 Å². The van der Waals surface area contributed by atoms with Crippen LogP contribution in [0.4, 0.5) is 5.69 Å². The molecule has 0 spiro atoms. The number of carbonyl (C=O) groups excluding carboxylic acids is 1. The Kier molecular flexibility index (Phi) is 5.83. The summed E-state index contributed by atoms with van der Waals surface area (Å²) >= 11 is 0. The molecule has 1 fully saturated rings. The maximum Gasteiger partial charge on any atom is 0.276 e. The predicted octanol–water partition coefficient (Wildman–Crippen LogP) is 2.54. The summed E-state index contributed by atoms with van der Waals surface area (Å²) in [5, 5.41) is 8.79. The number of piperidine rings is 1. The Morgan fingerprint density at radius 2 is 2.04 bits per heavy atom. The van der Waals surface area contributed by atoms with Crippen LogP contribution in [-0.4, -0.2) is 41.1 Å². The van der Waals surface area contributed by atoms with Crippen molar-refractivity contribution in [2.75, 3.05) is 25.5 Å². The Hall–Kier alpha value is -2.47. The molecule has 3 rings (SSSR count). The van der Waals surface area contributed by atoms with Crippen molar-refractivity contribution in [1.29, 1.82) is 0 Å². The first-order valence-corrected chi connectivity index (χ1v) is 9.16. The first-order valence-electron chi connectivity index (χ1n) is 9.16. The highest BCUT2D eigenvalue weighted by Crippen LogP contribution is 2.27. The molecular formula is C20H26N4O2. The number of aromatic nitrogens is 2. The summed E-state index contributed by atoms with van der Waals surface area (Å²) in [5.41, 5.74) is 1.87. The highest BCUT2D eigenvalue weighted by atomic mass is 16.2. The van der Waals surface area contributed by atoms with Crippen LogP contribution < -0.4 is 10.9 Å². The lowest BCUT2D eigenvalue weighted by molar-refractivity contribution is 0.102. The number of hydrogen-bond donors (Lipinski definition) is 2. The molecule has 1 amide bonds. The van der Waals surface area contributed by atoms with Crippen LogP contribution >= 0.6 is 0 Å². The molecule has 6 heteroatoms. The number of hydrogen-bond acceptors (Lipinski definition) is 4. The van der Waals surface area contributed by atoms with E-state index in [0.717, 1.165) is 23.9 Å². The number of nitrogens with zero attached hydrogens (tertiary/aromatic N) is 2. The van der Waals surface area contributed by atoms with E-state index in [1.54, 1.807) is 0 Å². The van der Waals surface area contributed by atoms with Crippen LogP contribution in [0.2, 0.25) is 0 Å². The van der Waals surface area contributed by atoms with Gasteiger partial charge >= 0.3 is 0 Å². The lowest BCUT2D eigenvalue weighted by Gasteiger charge is -2.34. The molecule has 138 valence electrons. The number of likely N-dealkylation sites (tertiary alicyclic amines) is 1. The van der Waals surface area contributed by atoms with Crippen molar-refractivity contribution in [3.05, 3.63) is 58.0 Å². The second-order valence-corrected chi connectivity index (χ2v) is 7.28. The van der Waals surface area contributed by atoms with E-state index in [9.17, 15) is 9.59 Å². The number of nitrogens with one attached hydrogen (secondary N) is 2. The standard InChI is InChI=1S/C20H26N4O2/c1-14-13-24(2)12-11-16(14)6-3-15-4-7-17(8-5-15)21-20(26)18-9-10-19(25)23-22-18/h4-5,7-10,14,16H,3,6,11-13H2,1-2H3,(H,21,26)(H,23,25)/t14-,16-/m0/s1. The third-order valence-corrected chi connectivity index (χ3v) is 5.21. The molecule has 2 aromatic rings. The minimum absolute atomic E-state index is 0.185. The average Bonchev–Trinajstić information content (AvgIpc) is 2.63. The monoisotopic (exact) mass is 354 g/mol. The molecule has 2 N–H and O–H groups in total. The van der Waals surface area contributed by atoms with Gasteiger partial charge in [-0.15, -0.1) is 0 Å². The van der Waals surface area contributed by atoms with E-state index in [4.69, 9.17) is 0 Å². The number of amides is 1. The highest BCUT2D eigenvalue weighted by Gasteiger charge is 2.23. The van der Waals surface area contributed by atoms with Gasteiger partial charge in [0.2, 0.25) is 0 Å². The maximum atomic E-state index is 12.1. The number of rotatable bonds is 5. The topological polar surface area (TPSA) is 78.1 Å². The lowest BCUT2D eigenvalue weighted by atomic mass is 9.83. The van der Waals surface area contributed by atoms with Crippen LogP contribution in [0, 0.1) is 11.8 Å². The number of aryl methyl sites for hydroxylation is 1. The van der Waals surface area contributed by atoms with Gasteiger partial charge < -0.3 is 10.2 Å². The molecule has 0 bridgehead atoms. The molecule has 1 aliphatic rings. The number of carbonyl (C=O) groups is 1. The molecule has 26 heavy (non-hydrogen) atoms. The molecule has 0 aliphatic carbocycles. The largest absolute Gasteiger partial charge is 0.321 e. The highest BCUT2D eigenvalue weighted by molar-refractivity contribution is 6.02. The van der Waals surface area contributed by atoms with Gasteiger partial charge in [-0.2, -0.15) is 5.10 Å². The third kappa shape index (κ3) is 4.79. The third-order valence-electron chi connectivity index (χ3n) is 5.21. The number of aromatic amines is 1. The molecule has 0 saturated carbocycles. The number of H-pyrrole nitrogens is 1. The molecule has 1 saturated heterocycles. The fourth-order valence-corrected chi connectivity index (χ4v) is 3.60. The summed E-state index contributed by atoms with van der Waals surface area (Å²) < 4.78 is 0. The molecule has 1 aromatic carbocycles. The van der Waals surface area contributed by atoms with Gasteiger partial charge in [0.05, 0.1) is 0 Å². The minimum atomic E-state index is -0.339. The van der Waals surface area contributed by atoms with Crippen molar-refractivity contribution in [3.63, 3.8) is 0 Å². The van der Waals surface area contributed by atoms with Gasteiger partial charge in [-0.25, -0.2) is 5.10 Å². The Balaban J connectivity index is 1.52. The van der Waals surface area contributed by atoms with E-state index in [1.807, 2.05) is 12.1 Å². The van der Waals surface area contributed by atoms with E-state index < -0.39 is 0 Å². The van der Waals surface area contributed by atoms with Crippen LogP contribution in [0.15, 0.2) is 41.2 Å². The molecular weight excluding hydrogens is 328 g/mol. The maximum absolute atomic E-state index is 12.1. The molecule has 2 atom stereocenters. The molecule has 1 aliphatic heterocycles. The van der Waals surface area contributed by atoms with Crippen molar-refractivity contribution < 1.29 is 4.79 Å². The SMILES string of the molecule is C[C@H]1CN(C)CC[C@@H]1CCc1ccc(NC(=O)c2ccc(=O)[nH]n2)cc1. The van der Waals surface area contributed by atoms with Gasteiger partial charge in [0, 0.05) is 18.3 Å². The van der Waals surface area contributed by atoms with Gasteiger partial charge in [-0.1, -0.05) is 19.1 Å². The van der Waals surface area contributed by atoms with E-state index in [2.05, 4.69) is 46.5 Å².